The van der Waals surface area contributed by atoms with Gasteiger partial charge in [0, 0.05) is 38.6 Å². The first-order valence-electron chi connectivity index (χ1n) is 7.73. The van der Waals surface area contributed by atoms with Crippen molar-refractivity contribution in [3.05, 3.63) is 0 Å². The van der Waals surface area contributed by atoms with Gasteiger partial charge in [0.05, 0.1) is 5.92 Å². The minimum atomic E-state index is -0.191. The average molecular weight is 281 g/mol. The number of nitrogens with one attached hydrogen (secondary N) is 2. The number of nitrogens with zero attached hydrogens (tertiary/aromatic N) is 1. The van der Waals surface area contributed by atoms with Crippen LogP contribution < -0.4 is 10.6 Å². The minimum absolute atomic E-state index is 0.00829. The van der Waals surface area contributed by atoms with Crippen molar-refractivity contribution in [3.8, 4) is 0 Å². The van der Waals surface area contributed by atoms with Crippen LogP contribution in [0.25, 0.3) is 0 Å². The van der Waals surface area contributed by atoms with Crippen LogP contribution in [0.2, 0.25) is 0 Å². The number of hydrogen-bond donors (Lipinski definition) is 2. The van der Waals surface area contributed by atoms with E-state index in [1.54, 1.807) is 0 Å². The molecule has 0 aromatic carbocycles. The van der Waals surface area contributed by atoms with Crippen LogP contribution in [0.3, 0.4) is 0 Å². The molecule has 5 heteroatoms. The average Bonchev–Trinajstić information content (AvgIpc) is 2.74. The quantitative estimate of drug-likeness (QED) is 0.793. The largest absolute Gasteiger partial charge is 0.355 e. The smallest absolute Gasteiger partial charge is 0.225 e. The van der Waals surface area contributed by atoms with Gasteiger partial charge in [-0.25, -0.2) is 0 Å². The van der Waals surface area contributed by atoms with Crippen molar-refractivity contribution in [1.29, 1.82) is 0 Å². The first-order chi connectivity index (χ1) is 9.44. The molecule has 2 aliphatic rings. The van der Waals surface area contributed by atoms with Gasteiger partial charge in [-0.3, -0.25) is 9.59 Å². The van der Waals surface area contributed by atoms with Crippen molar-refractivity contribution in [1.82, 2.24) is 15.5 Å². The highest BCUT2D eigenvalue weighted by molar-refractivity contribution is 5.89. The van der Waals surface area contributed by atoms with E-state index in [9.17, 15) is 9.59 Å². The van der Waals surface area contributed by atoms with Gasteiger partial charge in [0.2, 0.25) is 11.8 Å². The second-order valence-electron chi connectivity index (χ2n) is 6.78. The number of carbonyl (C=O) groups is 2. The summed E-state index contributed by atoms with van der Waals surface area (Å²) in [6.07, 6.45) is 1.63. The Balaban J connectivity index is 1.75. The molecule has 20 heavy (non-hydrogen) atoms. The molecule has 2 heterocycles. The van der Waals surface area contributed by atoms with Crippen molar-refractivity contribution in [2.75, 3.05) is 26.2 Å². The molecule has 0 aromatic heterocycles. The molecule has 114 valence electrons. The summed E-state index contributed by atoms with van der Waals surface area (Å²) in [5.74, 6) is 1.27. The molecule has 2 saturated heterocycles. The summed E-state index contributed by atoms with van der Waals surface area (Å²) in [6.45, 7) is 10.3. The molecule has 2 fully saturated rings. The summed E-state index contributed by atoms with van der Waals surface area (Å²) in [7, 11) is 0. The fourth-order valence-electron chi connectivity index (χ4n) is 3.53. The van der Waals surface area contributed by atoms with E-state index in [0.29, 0.717) is 13.0 Å². The SMILES string of the molecule is CC1CC(C)CN(CC(C)NC(=O)C2CNC(=O)C2)C1. The second kappa shape index (κ2) is 6.57. The number of hydrogen-bond acceptors (Lipinski definition) is 3. The van der Waals surface area contributed by atoms with E-state index in [0.717, 1.165) is 31.5 Å². The third-order valence-corrected chi connectivity index (χ3v) is 4.21. The van der Waals surface area contributed by atoms with E-state index in [2.05, 4.69) is 29.4 Å². The van der Waals surface area contributed by atoms with Crippen molar-refractivity contribution in [3.63, 3.8) is 0 Å². The lowest BCUT2D eigenvalue weighted by atomic mass is 9.91. The van der Waals surface area contributed by atoms with Gasteiger partial charge in [0.15, 0.2) is 0 Å². The standard InChI is InChI=1S/C15H27N3O2/c1-10-4-11(2)8-18(7-10)9-12(3)17-15(20)13-5-14(19)16-6-13/h10-13H,4-9H2,1-3H3,(H,16,19)(H,17,20). The number of carbonyl (C=O) groups excluding carboxylic acids is 2. The first-order valence-corrected chi connectivity index (χ1v) is 7.73. The molecule has 0 aromatic rings. The van der Waals surface area contributed by atoms with Crippen LogP contribution >= 0.6 is 0 Å². The van der Waals surface area contributed by atoms with Gasteiger partial charge >= 0.3 is 0 Å². The molecule has 0 spiro atoms. The zero-order valence-corrected chi connectivity index (χ0v) is 12.8. The predicted octanol–water partition coefficient (Wildman–Crippen LogP) is 0.605. The van der Waals surface area contributed by atoms with Crippen LogP contribution in [0.4, 0.5) is 0 Å². The highest BCUT2D eigenvalue weighted by Crippen LogP contribution is 2.20. The maximum absolute atomic E-state index is 12.0. The molecule has 2 rings (SSSR count). The van der Waals surface area contributed by atoms with Crippen LogP contribution in [0.15, 0.2) is 0 Å². The summed E-state index contributed by atoms with van der Waals surface area (Å²) in [6, 6.07) is 0.135. The van der Waals surface area contributed by atoms with Crippen LogP contribution in [-0.2, 0) is 9.59 Å². The Bertz CT molecular complexity index is 362. The molecule has 5 nitrogen and oxygen atoms in total. The molecule has 0 radical (unpaired) electrons. The van der Waals surface area contributed by atoms with Crippen molar-refractivity contribution in [2.45, 2.75) is 39.7 Å². The summed E-state index contributed by atoms with van der Waals surface area (Å²) in [5, 5.41) is 5.75. The molecule has 2 N–H and O–H groups in total. The number of likely N-dealkylation sites (tertiary alicyclic amines) is 1. The molecule has 0 aliphatic carbocycles. The van der Waals surface area contributed by atoms with Crippen LogP contribution in [0, 0.1) is 17.8 Å². The van der Waals surface area contributed by atoms with Crippen LogP contribution in [0.5, 0.6) is 0 Å². The van der Waals surface area contributed by atoms with E-state index in [-0.39, 0.29) is 23.8 Å². The zero-order chi connectivity index (χ0) is 14.7. The first kappa shape index (κ1) is 15.3. The summed E-state index contributed by atoms with van der Waals surface area (Å²) >= 11 is 0. The lowest BCUT2D eigenvalue weighted by Gasteiger charge is -2.36. The lowest BCUT2D eigenvalue weighted by Crippen LogP contribution is -2.48. The molecule has 2 amide bonds. The lowest BCUT2D eigenvalue weighted by molar-refractivity contribution is -0.127. The third-order valence-electron chi connectivity index (χ3n) is 4.21. The highest BCUT2D eigenvalue weighted by Gasteiger charge is 2.29. The Morgan fingerprint density at radius 3 is 2.60 bits per heavy atom. The summed E-state index contributed by atoms with van der Waals surface area (Å²) < 4.78 is 0. The molecule has 4 unspecified atom stereocenters. The van der Waals surface area contributed by atoms with E-state index >= 15 is 0 Å². The summed E-state index contributed by atoms with van der Waals surface area (Å²) in [5.41, 5.74) is 0. The van der Waals surface area contributed by atoms with Gasteiger partial charge in [-0.2, -0.15) is 0 Å². The Hall–Kier alpha value is -1.10. The number of piperidine rings is 1. The monoisotopic (exact) mass is 281 g/mol. The van der Waals surface area contributed by atoms with E-state index in [1.807, 2.05) is 6.92 Å². The Kier molecular flexibility index (Phi) is 5.02. The van der Waals surface area contributed by atoms with Gasteiger partial charge in [0.25, 0.3) is 0 Å². The number of rotatable bonds is 4. The molecule has 0 bridgehead atoms. The third kappa shape index (κ3) is 4.20. The fourth-order valence-corrected chi connectivity index (χ4v) is 3.53. The molecule has 0 saturated carbocycles. The molecule has 2 aliphatic heterocycles. The molecule has 4 atom stereocenters. The Labute approximate surface area is 121 Å². The van der Waals surface area contributed by atoms with Gasteiger partial charge in [0.1, 0.15) is 0 Å². The topological polar surface area (TPSA) is 61.4 Å². The van der Waals surface area contributed by atoms with Crippen molar-refractivity contribution >= 4 is 11.8 Å². The highest BCUT2D eigenvalue weighted by atomic mass is 16.2. The van der Waals surface area contributed by atoms with Gasteiger partial charge < -0.3 is 15.5 Å². The molecular weight excluding hydrogens is 254 g/mol. The van der Waals surface area contributed by atoms with Gasteiger partial charge in [-0.15, -0.1) is 0 Å². The van der Waals surface area contributed by atoms with E-state index < -0.39 is 0 Å². The Morgan fingerprint density at radius 1 is 1.40 bits per heavy atom. The molecular formula is C15H27N3O2. The maximum atomic E-state index is 12.0. The van der Waals surface area contributed by atoms with Gasteiger partial charge in [-0.1, -0.05) is 13.8 Å². The van der Waals surface area contributed by atoms with Crippen molar-refractivity contribution < 1.29 is 9.59 Å². The van der Waals surface area contributed by atoms with E-state index in [4.69, 9.17) is 0 Å². The van der Waals surface area contributed by atoms with E-state index in [1.165, 1.54) is 6.42 Å². The number of amides is 2. The predicted molar refractivity (Wildman–Crippen MR) is 78.1 cm³/mol. The van der Waals surface area contributed by atoms with Gasteiger partial charge in [-0.05, 0) is 25.2 Å². The Morgan fingerprint density at radius 2 is 2.05 bits per heavy atom. The van der Waals surface area contributed by atoms with Crippen LogP contribution in [0.1, 0.15) is 33.6 Å². The minimum Gasteiger partial charge on any atom is -0.355 e. The maximum Gasteiger partial charge on any atom is 0.225 e. The fraction of sp³-hybridized carbons (Fsp3) is 0.867. The van der Waals surface area contributed by atoms with Crippen LogP contribution in [-0.4, -0.2) is 48.9 Å². The van der Waals surface area contributed by atoms with Crippen molar-refractivity contribution in [2.24, 2.45) is 17.8 Å². The zero-order valence-electron chi connectivity index (χ0n) is 12.8. The summed E-state index contributed by atoms with van der Waals surface area (Å²) in [4.78, 5) is 25.6. The second-order valence-corrected chi connectivity index (χ2v) is 6.78. The normalized spacial score (nSPS) is 32.8.